The summed E-state index contributed by atoms with van der Waals surface area (Å²) in [5, 5.41) is 2.31. The molecule has 5 rings (SSSR count). The molecular weight excluding hydrogens is 434 g/mol. The first-order chi connectivity index (χ1) is 15.0. The zero-order chi connectivity index (χ0) is 21.4. The zero-order valence-corrected chi connectivity index (χ0v) is 18.4. The van der Waals surface area contributed by atoms with E-state index in [1.807, 2.05) is 0 Å². The van der Waals surface area contributed by atoms with Crippen LogP contribution in [0.2, 0.25) is 0 Å². The van der Waals surface area contributed by atoms with Crippen molar-refractivity contribution >= 4 is 33.0 Å². The molecule has 0 atom stereocenters. The highest BCUT2D eigenvalue weighted by molar-refractivity contribution is 7.89. The number of nitrogens with zero attached hydrogens (tertiary/aromatic N) is 5. The Hall–Kier alpha value is -2.69. The van der Waals surface area contributed by atoms with Gasteiger partial charge in [-0.2, -0.15) is 4.31 Å². The molecule has 160 valence electrons. The fourth-order valence-electron chi connectivity index (χ4n) is 4.04. The van der Waals surface area contributed by atoms with Crippen LogP contribution >= 0.6 is 11.3 Å². The van der Waals surface area contributed by atoms with Gasteiger partial charge in [-0.25, -0.2) is 23.4 Å². The van der Waals surface area contributed by atoms with E-state index >= 15 is 0 Å². The van der Waals surface area contributed by atoms with Gasteiger partial charge in [-0.1, -0.05) is 0 Å². The van der Waals surface area contributed by atoms with E-state index in [9.17, 15) is 13.2 Å². The highest BCUT2D eigenvalue weighted by atomic mass is 32.2. The third-order valence-corrected chi connectivity index (χ3v) is 8.33. The Kier molecular flexibility index (Phi) is 5.28. The monoisotopic (exact) mass is 455 g/mol. The molecule has 8 nitrogen and oxygen atoms in total. The molecule has 0 N–H and O–H groups in total. The van der Waals surface area contributed by atoms with Crippen molar-refractivity contribution in [2.75, 3.05) is 24.5 Å². The molecule has 0 radical (unpaired) electrons. The van der Waals surface area contributed by atoms with Gasteiger partial charge in [-0.3, -0.25) is 4.79 Å². The minimum Gasteiger partial charge on any atom is -0.307 e. The van der Waals surface area contributed by atoms with Gasteiger partial charge in [0.25, 0.3) is 5.91 Å². The zero-order valence-electron chi connectivity index (χ0n) is 16.8. The maximum atomic E-state index is 13.2. The van der Waals surface area contributed by atoms with Crippen molar-refractivity contribution in [2.45, 2.75) is 30.6 Å². The van der Waals surface area contributed by atoms with Gasteiger partial charge in [0.15, 0.2) is 10.8 Å². The summed E-state index contributed by atoms with van der Waals surface area (Å²) in [7, 11) is -3.48. The van der Waals surface area contributed by atoms with E-state index in [2.05, 4.69) is 15.0 Å². The van der Waals surface area contributed by atoms with Gasteiger partial charge in [0, 0.05) is 43.1 Å². The normalized spacial score (nSPS) is 17.0. The number of benzene rings is 1. The van der Waals surface area contributed by atoms with Crippen LogP contribution in [0.25, 0.3) is 10.8 Å². The number of hydrogen-bond acceptors (Lipinski definition) is 7. The predicted molar refractivity (Wildman–Crippen MR) is 118 cm³/mol. The smallest absolute Gasteiger partial charge is 0.277 e. The lowest BCUT2D eigenvalue weighted by Crippen LogP contribution is -2.36. The van der Waals surface area contributed by atoms with E-state index in [0.717, 1.165) is 36.9 Å². The molecule has 0 bridgehead atoms. The lowest BCUT2D eigenvalue weighted by molar-refractivity contribution is 0.0981. The van der Waals surface area contributed by atoms with E-state index < -0.39 is 10.0 Å². The van der Waals surface area contributed by atoms with Gasteiger partial charge in [0.1, 0.15) is 5.69 Å². The van der Waals surface area contributed by atoms with Crippen LogP contribution in [0.15, 0.2) is 46.9 Å². The minimum atomic E-state index is -3.48. The molecule has 2 aliphatic rings. The van der Waals surface area contributed by atoms with E-state index in [1.54, 1.807) is 51.2 Å². The molecule has 10 heteroatoms. The standard InChI is InChI=1S/C21H21N5O3S2/c27-21(17-14-30-20(24-17)19-22-8-4-9-23-19)26-12-3-5-15-13-16(6-7-18(15)26)31(28,29)25-10-1-2-11-25/h4,6-9,13-14H,1-3,5,10-12H2. The molecule has 0 saturated carbocycles. The van der Waals surface area contributed by atoms with Gasteiger partial charge in [0.05, 0.1) is 4.90 Å². The number of aryl methyl sites for hydroxylation is 1. The quantitative estimate of drug-likeness (QED) is 0.600. The SMILES string of the molecule is O=C(c1csc(-c2ncccn2)n1)N1CCCc2cc(S(=O)(=O)N3CCCC3)ccc21. The summed E-state index contributed by atoms with van der Waals surface area (Å²) >= 11 is 1.33. The van der Waals surface area contributed by atoms with Crippen LogP contribution in [-0.2, 0) is 16.4 Å². The Bertz CT molecular complexity index is 1220. The Morgan fingerprint density at radius 3 is 2.58 bits per heavy atom. The average Bonchev–Trinajstić information content (AvgIpc) is 3.51. The molecule has 4 heterocycles. The molecule has 3 aromatic rings. The van der Waals surface area contributed by atoms with Crippen molar-refractivity contribution in [3.63, 3.8) is 0 Å². The summed E-state index contributed by atoms with van der Waals surface area (Å²) in [6, 6.07) is 6.82. The Balaban J connectivity index is 1.43. The molecule has 0 aliphatic carbocycles. The van der Waals surface area contributed by atoms with Crippen molar-refractivity contribution in [2.24, 2.45) is 0 Å². The number of fused-ring (bicyclic) bond motifs is 1. The van der Waals surface area contributed by atoms with Crippen LogP contribution in [0.3, 0.4) is 0 Å². The molecule has 31 heavy (non-hydrogen) atoms. The number of thiazole rings is 1. The van der Waals surface area contributed by atoms with Crippen molar-refractivity contribution in [3.05, 3.63) is 53.3 Å². The summed E-state index contributed by atoms with van der Waals surface area (Å²) in [6.07, 6.45) is 6.58. The van der Waals surface area contributed by atoms with Gasteiger partial charge >= 0.3 is 0 Å². The molecule has 0 spiro atoms. The number of carbonyl (C=O) groups excluding carboxylic acids is 1. The summed E-state index contributed by atoms with van der Waals surface area (Å²) in [5.41, 5.74) is 1.97. The van der Waals surface area contributed by atoms with E-state index in [4.69, 9.17) is 0 Å². The van der Waals surface area contributed by atoms with Gasteiger partial charge < -0.3 is 4.90 Å². The van der Waals surface area contributed by atoms with Crippen LogP contribution in [0.1, 0.15) is 35.3 Å². The maximum Gasteiger partial charge on any atom is 0.277 e. The maximum absolute atomic E-state index is 13.2. The van der Waals surface area contributed by atoms with E-state index in [1.165, 1.54) is 11.3 Å². The summed E-state index contributed by atoms with van der Waals surface area (Å²) in [6.45, 7) is 1.71. The predicted octanol–water partition coefficient (Wildman–Crippen LogP) is 2.98. The van der Waals surface area contributed by atoms with Gasteiger partial charge in [-0.15, -0.1) is 11.3 Å². The van der Waals surface area contributed by atoms with Crippen molar-refractivity contribution in [3.8, 4) is 10.8 Å². The second kappa shape index (κ2) is 8.10. The first-order valence-corrected chi connectivity index (χ1v) is 12.5. The Labute approximate surface area is 184 Å². The van der Waals surface area contributed by atoms with Crippen molar-refractivity contribution in [1.29, 1.82) is 0 Å². The lowest BCUT2D eigenvalue weighted by Gasteiger charge is -2.29. The topological polar surface area (TPSA) is 96.4 Å². The van der Waals surface area contributed by atoms with Crippen LogP contribution < -0.4 is 4.90 Å². The van der Waals surface area contributed by atoms with Crippen LogP contribution in [0.5, 0.6) is 0 Å². The highest BCUT2D eigenvalue weighted by Crippen LogP contribution is 2.32. The van der Waals surface area contributed by atoms with Gasteiger partial charge in [0.2, 0.25) is 10.0 Å². The Morgan fingerprint density at radius 1 is 1.03 bits per heavy atom. The molecule has 1 amide bonds. The molecule has 1 saturated heterocycles. The van der Waals surface area contributed by atoms with Crippen LogP contribution in [-0.4, -0.2) is 53.2 Å². The molecular formula is C21H21N5O3S2. The number of carbonyl (C=O) groups is 1. The minimum absolute atomic E-state index is 0.200. The molecule has 2 aliphatic heterocycles. The van der Waals surface area contributed by atoms with Crippen LogP contribution in [0, 0.1) is 0 Å². The first kappa shape index (κ1) is 20.2. The van der Waals surface area contributed by atoms with E-state index in [0.29, 0.717) is 41.1 Å². The van der Waals surface area contributed by atoms with Crippen molar-refractivity contribution in [1.82, 2.24) is 19.3 Å². The average molecular weight is 456 g/mol. The number of hydrogen-bond donors (Lipinski definition) is 0. The second-order valence-corrected chi connectivity index (χ2v) is 10.4. The fraction of sp³-hybridized carbons (Fsp3) is 0.333. The number of anilines is 1. The summed E-state index contributed by atoms with van der Waals surface area (Å²) in [4.78, 5) is 28.0. The molecule has 2 aromatic heterocycles. The molecule has 1 aromatic carbocycles. The fourth-order valence-corrected chi connectivity index (χ4v) is 6.35. The first-order valence-electron chi connectivity index (χ1n) is 10.2. The molecule has 1 fully saturated rings. The van der Waals surface area contributed by atoms with Gasteiger partial charge in [-0.05, 0) is 55.5 Å². The largest absolute Gasteiger partial charge is 0.307 e. The number of sulfonamides is 1. The summed E-state index contributed by atoms with van der Waals surface area (Å²) in [5.74, 6) is 0.289. The summed E-state index contributed by atoms with van der Waals surface area (Å²) < 4.78 is 27.4. The third kappa shape index (κ3) is 3.75. The third-order valence-electron chi connectivity index (χ3n) is 5.60. The highest BCUT2D eigenvalue weighted by Gasteiger charge is 2.30. The number of rotatable bonds is 4. The number of aromatic nitrogens is 3. The number of amides is 1. The molecule has 0 unspecified atom stereocenters. The van der Waals surface area contributed by atoms with E-state index in [-0.39, 0.29) is 5.91 Å². The second-order valence-electron chi connectivity index (χ2n) is 7.57. The van der Waals surface area contributed by atoms with Crippen LogP contribution in [0.4, 0.5) is 5.69 Å². The lowest BCUT2D eigenvalue weighted by atomic mass is 10.0. The van der Waals surface area contributed by atoms with Crippen molar-refractivity contribution < 1.29 is 13.2 Å². The Morgan fingerprint density at radius 2 is 1.81 bits per heavy atom.